The minimum atomic E-state index is 0.690. The highest BCUT2D eigenvalue weighted by Gasteiger charge is 1.99. The van der Waals surface area contributed by atoms with Crippen molar-refractivity contribution in [2.75, 3.05) is 18.4 Å². The van der Waals surface area contributed by atoms with Crippen molar-refractivity contribution in [3.63, 3.8) is 0 Å². The Balaban J connectivity index is 2.03. The summed E-state index contributed by atoms with van der Waals surface area (Å²) in [6.07, 6.45) is 4.54. The second-order valence-corrected chi connectivity index (χ2v) is 3.73. The molecule has 0 aliphatic rings. The number of aromatic nitrogens is 2. The van der Waals surface area contributed by atoms with Gasteiger partial charge < -0.3 is 11.1 Å². The number of benzene rings is 1. The first-order chi connectivity index (χ1) is 8.40. The first-order valence-electron chi connectivity index (χ1n) is 5.71. The van der Waals surface area contributed by atoms with Gasteiger partial charge in [0.1, 0.15) is 0 Å². The van der Waals surface area contributed by atoms with Crippen LogP contribution in [0.1, 0.15) is 6.42 Å². The van der Waals surface area contributed by atoms with Gasteiger partial charge in [0.25, 0.3) is 0 Å². The lowest BCUT2D eigenvalue weighted by molar-refractivity contribution is 0.872. The van der Waals surface area contributed by atoms with Crippen molar-refractivity contribution in [1.82, 2.24) is 9.97 Å². The smallest absolute Gasteiger partial charge is 0.159 e. The van der Waals surface area contributed by atoms with Crippen molar-refractivity contribution in [1.29, 1.82) is 0 Å². The fourth-order valence-corrected chi connectivity index (χ4v) is 1.49. The van der Waals surface area contributed by atoms with Crippen LogP contribution in [-0.2, 0) is 0 Å². The number of rotatable bonds is 5. The molecule has 0 atom stereocenters. The van der Waals surface area contributed by atoms with E-state index in [1.165, 1.54) is 0 Å². The summed E-state index contributed by atoms with van der Waals surface area (Å²) in [4.78, 5) is 8.65. The molecule has 1 aromatic heterocycles. The zero-order valence-electron chi connectivity index (χ0n) is 9.63. The maximum atomic E-state index is 5.42. The van der Waals surface area contributed by atoms with Gasteiger partial charge in [0.2, 0.25) is 0 Å². The Morgan fingerprint density at radius 1 is 1.06 bits per heavy atom. The van der Waals surface area contributed by atoms with Crippen LogP contribution in [0, 0.1) is 0 Å². The van der Waals surface area contributed by atoms with Gasteiger partial charge in [-0.25, -0.2) is 9.97 Å². The van der Waals surface area contributed by atoms with E-state index in [-0.39, 0.29) is 0 Å². The van der Waals surface area contributed by atoms with Crippen LogP contribution in [0.2, 0.25) is 0 Å². The molecule has 1 heterocycles. The summed E-state index contributed by atoms with van der Waals surface area (Å²) in [5.41, 5.74) is 7.38. The van der Waals surface area contributed by atoms with Crippen LogP contribution in [0.25, 0.3) is 11.4 Å². The Morgan fingerprint density at radius 3 is 2.41 bits per heavy atom. The summed E-state index contributed by atoms with van der Waals surface area (Å²) in [6.45, 7) is 1.54. The van der Waals surface area contributed by atoms with Crippen molar-refractivity contribution >= 4 is 5.69 Å². The summed E-state index contributed by atoms with van der Waals surface area (Å²) in [6, 6.07) is 9.93. The van der Waals surface area contributed by atoms with Crippen molar-refractivity contribution < 1.29 is 0 Å². The topological polar surface area (TPSA) is 63.8 Å². The minimum Gasteiger partial charge on any atom is -0.383 e. The van der Waals surface area contributed by atoms with Gasteiger partial charge in [-0.2, -0.15) is 0 Å². The third-order valence-corrected chi connectivity index (χ3v) is 2.39. The molecule has 4 nitrogen and oxygen atoms in total. The Labute approximate surface area is 101 Å². The lowest BCUT2D eigenvalue weighted by Gasteiger charge is -2.05. The first kappa shape index (κ1) is 11.5. The molecule has 1 aromatic carbocycles. The Hall–Kier alpha value is -1.94. The third kappa shape index (κ3) is 3.26. The molecule has 0 saturated carbocycles. The molecule has 17 heavy (non-hydrogen) atoms. The normalized spacial score (nSPS) is 10.2. The summed E-state index contributed by atoms with van der Waals surface area (Å²) < 4.78 is 0. The maximum Gasteiger partial charge on any atom is 0.159 e. The molecular weight excluding hydrogens is 212 g/mol. The summed E-state index contributed by atoms with van der Waals surface area (Å²) in [5.74, 6) is 0.745. The molecule has 2 aromatic rings. The minimum absolute atomic E-state index is 0.690. The predicted octanol–water partition coefficient (Wildman–Crippen LogP) is 1.90. The van der Waals surface area contributed by atoms with Crippen molar-refractivity contribution in [2.45, 2.75) is 6.42 Å². The maximum absolute atomic E-state index is 5.42. The van der Waals surface area contributed by atoms with Crippen molar-refractivity contribution in [3.05, 3.63) is 42.7 Å². The van der Waals surface area contributed by atoms with Gasteiger partial charge in [0, 0.05) is 12.1 Å². The fraction of sp³-hybridized carbons (Fsp3) is 0.231. The van der Waals surface area contributed by atoms with E-state index in [1.54, 1.807) is 12.4 Å². The predicted molar refractivity (Wildman–Crippen MR) is 69.6 cm³/mol. The molecule has 0 aliphatic heterocycles. The Kier molecular flexibility index (Phi) is 4.05. The monoisotopic (exact) mass is 228 g/mol. The highest BCUT2D eigenvalue weighted by molar-refractivity contribution is 5.55. The Morgan fingerprint density at radius 2 is 1.76 bits per heavy atom. The van der Waals surface area contributed by atoms with Gasteiger partial charge in [-0.15, -0.1) is 0 Å². The SMILES string of the molecule is NCCCNc1cnc(-c2ccccc2)nc1. The van der Waals surface area contributed by atoms with E-state index in [0.717, 1.165) is 30.0 Å². The van der Waals surface area contributed by atoms with E-state index in [2.05, 4.69) is 15.3 Å². The third-order valence-electron chi connectivity index (χ3n) is 2.39. The summed E-state index contributed by atoms with van der Waals surface area (Å²) >= 11 is 0. The molecule has 0 bridgehead atoms. The van der Waals surface area contributed by atoms with E-state index >= 15 is 0 Å². The van der Waals surface area contributed by atoms with E-state index in [9.17, 15) is 0 Å². The van der Waals surface area contributed by atoms with Crippen LogP contribution >= 0.6 is 0 Å². The van der Waals surface area contributed by atoms with Crippen LogP contribution in [0.15, 0.2) is 42.7 Å². The number of hydrogen-bond donors (Lipinski definition) is 2. The van der Waals surface area contributed by atoms with E-state index in [0.29, 0.717) is 6.54 Å². The van der Waals surface area contributed by atoms with Gasteiger partial charge in [0.05, 0.1) is 18.1 Å². The van der Waals surface area contributed by atoms with E-state index < -0.39 is 0 Å². The zero-order chi connectivity index (χ0) is 11.9. The number of hydrogen-bond acceptors (Lipinski definition) is 4. The molecule has 0 fully saturated rings. The van der Waals surface area contributed by atoms with Gasteiger partial charge >= 0.3 is 0 Å². The lowest BCUT2D eigenvalue weighted by Crippen LogP contribution is -2.08. The van der Waals surface area contributed by atoms with Gasteiger partial charge in [0.15, 0.2) is 5.82 Å². The quantitative estimate of drug-likeness (QED) is 0.767. The second-order valence-electron chi connectivity index (χ2n) is 3.73. The van der Waals surface area contributed by atoms with Crippen LogP contribution < -0.4 is 11.1 Å². The number of nitrogens with one attached hydrogen (secondary N) is 1. The number of anilines is 1. The highest BCUT2D eigenvalue weighted by atomic mass is 14.9. The molecule has 0 saturated heterocycles. The first-order valence-corrected chi connectivity index (χ1v) is 5.71. The van der Waals surface area contributed by atoms with Crippen molar-refractivity contribution in [3.8, 4) is 11.4 Å². The van der Waals surface area contributed by atoms with E-state index in [4.69, 9.17) is 5.73 Å². The van der Waals surface area contributed by atoms with Crippen LogP contribution in [-0.4, -0.2) is 23.1 Å². The molecule has 0 aliphatic carbocycles. The van der Waals surface area contributed by atoms with Crippen molar-refractivity contribution in [2.24, 2.45) is 5.73 Å². The molecule has 2 rings (SSSR count). The van der Waals surface area contributed by atoms with Gasteiger partial charge in [-0.1, -0.05) is 30.3 Å². The standard InChI is InChI=1S/C13H16N4/c14-7-4-8-15-12-9-16-13(17-10-12)11-5-2-1-3-6-11/h1-3,5-6,9-10,15H,4,7-8,14H2. The van der Waals surface area contributed by atoms with E-state index in [1.807, 2.05) is 30.3 Å². The summed E-state index contributed by atoms with van der Waals surface area (Å²) in [7, 11) is 0. The molecule has 0 radical (unpaired) electrons. The van der Waals surface area contributed by atoms with Gasteiger partial charge in [-0.05, 0) is 13.0 Å². The van der Waals surface area contributed by atoms with Crippen LogP contribution in [0.4, 0.5) is 5.69 Å². The fourth-order valence-electron chi connectivity index (χ4n) is 1.49. The van der Waals surface area contributed by atoms with Crippen LogP contribution in [0.3, 0.4) is 0 Å². The van der Waals surface area contributed by atoms with Crippen LogP contribution in [0.5, 0.6) is 0 Å². The number of nitrogens with two attached hydrogens (primary N) is 1. The summed E-state index contributed by atoms with van der Waals surface area (Å²) in [5, 5.41) is 3.22. The molecule has 0 spiro atoms. The molecule has 3 N–H and O–H groups in total. The molecule has 0 unspecified atom stereocenters. The molecule has 4 heteroatoms. The Bertz CT molecular complexity index is 439. The largest absolute Gasteiger partial charge is 0.383 e. The average molecular weight is 228 g/mol. The zero-order valence-corrected chi connectivity index (χ0v) is 9.63. The number of nitrogens with zero attached hydrogens (tertiary/aromatic N) is 2. The molecule has 0 amide bonds. The lowest BCUT2D eigenvalue weighted by atomic mass is 10.2. The second kappa shape index (κ2) is 5.96. The van der Waals surface area contributed by atoms with Gasteiger partial charge in [-0.3, -0.25) is 0 Å². The highest BCUT2D eigenvalue weighted by Crippen LogP contribution is 2.14. The molecular formula is C13H16N4. The average Bonchev–Trinajstić information content (AvgIpc) is 2.41. The molecule has 88 valence electrons.